The third-order valence-electron chi connectivity index (χ3n) is 4.63. The van der Waals surface area contributed by atoms with E-state index in [0.717, 1.165) is 5.76 Å². The Balaban J connectivity index is 1.77. The fourth-order valence-electron chi connectivity index (χ4n) is 3.11. The molecular formula is C21H21N5O5S. The number of fused-ring (bicyclic) bond motifs is 1. The summed E-state index contributed by atoms with van der Waals surface area (Å²) in [4.78, 5) is 9.09. The van der Waals surface area contributed by atoms with Crippen molar-refractivity contribution >= 4 is 38.4 Å². The highest BCUT2D eigenvalue weighted by Crippen LogP contribution is 2.35. The highest BCUT2D eigenvalue weighted by molar-refractivity contribution is 7.89. The second kappa shape index (κ2) is 8.73. The van der Waals surface area contributed by atoms with Crippen molar-refractivity contribution in [3.8, 4) is 11.5 Å². The molecule has 4 N–H and O–H groups in total. The lowest BCUT2D eigenvalue weighted by Gasteiger charge is -2.14. The van der Waals surface area contributed by atoms with Crippen LogP contribution in [0.15, 0.2) is 64.1 Å². The molecule has 0 bridgehead atoms. The van der Waals surface area contributed by atoms with Crippen LogP contribution >= 0.6 is 0 Å². The van der Waals surface area contributed by atoms with Crippen LogP contribution in [0.4, 0.5) is 17.5 Å². The zero-order valence-corrected chi connectivity index (χ0v) is 18.1. The van der Waals surface area contributed by atoms with Crippen LogP contribution in [0.1, 0.15) is 5.76 Å². The van der Waals surface area contributed by atoms with Crippen molar-refractivity contribution < 1.29 is 22.3 Å². The normalized spacial score (nSPS) is 11.3. The fourth-order valence-corrected chi connectivity index (χ4v) is 3.67. The molecular weight excluding hydrogens is 434 g/mol. The van der Waals surface area contributed by atoms with E-state index in [4.69, 9.17) is 19.0 Å². The zero-order chi connectivity index (χ0) is 22.7. The molecule has 4 rings (SSSR count). The topological polar surface area (TPSA) is 142 Å². The summed E-state index contributed by atoms with van der Waals surface area (Å²) in [5.74, 6) is 2.55. The van der Waals surface area contributed by atoms with Crippen LogP contribution in [0.25, 0.3) is 10.9 Å². The maximum Gasteiger partial charge on any atom is 0.238 e. The average Bonchev–Trinajstić information content (AvgIpc) is 3.30. The summed E-state index contributed by atoms with van der Waals surface area (Å²) in [6, 6.07) is 13.2. The molecule has 166 valence electrons. The van der Waals surface area contributed by atoms with Gasteiger partial charge in [-0.3, -0.25) is 0 Å². The monoisotopic (exact) mass is 455 g/mol. The Morgan fingerprint density at radius 1 is 1.03 bits per heavy atom. The predicted octanol–water partition coefficient (Wildman–Crippen LogP) is 3.24. The number of benzene rings is 2. The second-order valence-electron chi connectivity index (χ2n) is 6.75. The van der Waals surface area contributed by atoms with Gasteiger partial charge in [0.05, 0.1) is 37.4 Å². The van der Waals surface area contributed by atoms with Gasteiger partial charge in [-0.15, -0.1) is 0 Å². The minimum atomic E-state index is -3.84. The lowest BCUT2D eigenvalue weighted by Crippen LogP contribution is -2.12. The first-order valence-corrected chi connectivity index (χ1v) is 11.0. The molecule has 32 heavy (non-hydrogen) atoms. The molecule has 0 aliphatic rings. The van der Waals surface area contributed by atoms with Crippen molar-refractivity contribution in [1.82, 2.24) is 9.97 Å². The number of primary sulfonamides is 1. The first-order valence-electron chi connectivity index (χ1n) is 9.47. The summed E-state index contributed by atoms with van der Waals surface area (Å²) in [5.41, 5.74) is 1.05. The van der Waals surface area contributed by atoms with Crippen molar-refractivity contribution in [2.24, 2.45) is 5.14 Å². The number of furan rings is 1. The maximum atomic E-state index is 11.7. The van der Waals surface area contributed by atoms with Crippen LogP contribution in [0, 0.1) is 0 Å². The molecule has 0 amide bonds. The quantitative estimate of drug-likeness (QED) is 0.365. The van der Waals surface area contributed by atoms with Gasteiger partial charge < -0.3 is 24.5 Å². The zero-order valence-electron chi connectivity index (χ0n) is 17.3. The number of hydrogen-bond acceptors (Lipinski definition) is 9. The summed E-state index contributed by atoms with van der Waals surface area (Å²) >= 11 is 0. The van der Waals surface area contributed by atoms with Crippen LogP contribution in [-0.2, 0) is 16.6 Å². The Bertz CT molecular complexity index is 1360. The first-order chi connectivity index (χ1) is 15.4. The standard InChI is InChI=1S/C21H21N5O5S/c1-29-18-10-16-17(11-19(18)30-2)25-21(26-20(16)23-12-14-6-4-8-31-14)24-13-5-3-7-15(9-13)32(22,27)28/h3-11H,12H2,1-2H3,(H2,22,27,28)(H2,23,24,25,26). The largest absolute Gasteiger partial charge is 0.493 e. The smallest absolute Gasteiger partial charge is 0.238 e. The fraction of sp³-hybridized carbons (Fsp3) is 0.143. The number of anilines is 3. The van der Waals surface area contributed by atoms with Crippen LogP contribution < -0.4 is 25.2 Å². The Hall–Kier alpha value is -3.83. The van der Waals surface area contributed by atoms with Gasteiger partial charge in [0.2, 0.25) is 16.0 Å². The highest BCUT2D eigenvalue weighted by Gasteiger charge is 2.15. The molecule has 0 atom stereocenters. The summed E-state index contributed by atoms with van der Waals surface area (Å²) in [5, 5.41) is 12.2. The second-order valence-corrected chi connectivity index (χ2v) is 8.31. The number of hydrogen-bond donors (Lipinski definition) is 3. The van der Waals surface area contributed by atoms with Crippen molar-refractivity contribution in [2.45, 2.75) is 11.4 Å². The molecule has 0 aliphatic heterocycles. The molecule has 2 aromatic carbocycles. The predicted molar refractivity (Wildman–Crippen MR) is 120 cm³/mol. The van der Waals surface area contributed by atoms with E-state index >= 15 is 0 Å². The number of methoxy groups -OCH3 is 2. The van der Waals surface area contributed by atoms with E-state index in [2.05, 4.69) is 20.6 Å². The van der Waals surface area contributed by atoms with E-state index in [-0.39, 0.29) is 10.8 Å². The Morgan fingerprint density at radius 3 is 2.50 bits per heavy atom. The summed E-state index contributed by atoms with van der Waals surface area (Å²) in [6.07, 6.45) is 1.59. The number of nitrogens with zero attached hydrogens (tertiary/aromatic N) is 2. The van der Waals surface area contributed by atoms with E-state index in [0.29, 0.717) is 40.5 Å². The summed E-state index contributed by atoms with van der Waals surface area (Å²) in [6.45, 7) is 0.397. The van der Waals surface area contributed by atoms with Crippen LogP contribution in [-0.4, -0.2) is 32.6 Å². The molecule has 0 saturated heterocycles. The molecule has 11 heteroatoms. The Morgan fingerprint density at radius 2 is 1.81 bits per heavy atom. The minimum Gasteiger partial charge on any atom is -0.493 e. The maximum absolute atomic E-state index is 11.7. The van der Waals surface area contributed by atoms with Gasteiger partial charge >= 0.3 is 0 Å². The number of sulfonamides is 1. The van der Waals surface area contributed by atoms with Gasteiger partial charge in [-0.05, 0) is 36.4 Å². The average molecular weight is 455 g/mol. The third-order valence-corrected chi connectivity index (χ3v) is 5.54. The van der Waals surface area contributed by atoms with Gasteiger partial charge in [0.25, 0.3) is 0 Å². The Kier molecular flexibility index (Phi) is 5.84. The van der Waals surface area contributed by atoms with Gasteiger partial charge in [0, 0.05) is 17.1 Å². The molecule has 0 saturated carbocycles. The number of aromatic nitrogens is 2. The molecule has 2 heterocycles. The molecule has 10 nitrogen and oxygen atoms in total. The SMILES string of the molecule is COc1cc2nc(Nc3cccc(S(N)(=O)=O)c3)nc(NCc3ccco3)c2cc1OC. The molecule has 0 radical (unpaired) electrons. The molecule has 0 unspecified atom stereocenters. The van der Waals surface area contributed by atoms with E-state index in [1.165, 1.54) is 12.1 Å². The minimum absolute atomic E-state index is 0.0223. The molecule has 0 aliphatic carbocycles. The van der Waals surface area contributed by atoms with Crippen molar-refractivity contribution in [3.05, 3.63) is 60.6 Å². The van der Waals surface area contributed by atoms with Crippen molar-refractivity contribution in [2.75, 3.05) is 24.9 Å². The summed E-state index contributed by atoms with van der Waals surface area (Å²) in [7, 11) is -0.754. The first kappa shape index (κ1) is 21.4. The Labute approximate surface area is 184 Å². The van der Waals surface area contributed by atoms with Crippen molar-refractivity contribution in [3.63, 3.8) is 0 Å². The van der Waals surface area contributed by atoms with E-state index < -0.39 is 10.0 Å². The van der Waals surface area contributed by atoms with Gasteiger partial charge in [-0.1, -0.05) is 6.07 Å². The molecule has 2 aromatic heterocycles. The highest BCUT2D eigenvalue weighted by atomic mass is 32.2. The molecule has 0 spiro atoms. The van der Waals surface area contributed by atoms with E-state index in [1.807, 2.05) is 6.07 Å². The van der Waals surface area contributed by atoms with Crippen LogP contribution in [0.5, 0.6) is 11.5 Å². The van der Waals surface area contributed by atoms with E-state index in [9.17, 15) is 8.42 Å². The number of nitrogens with one attached hydrogen (secondary N) is 2. The third kappa shape index (κ3) is 4.58. The van der Waals surface area contributed by atoms with Gasteiger partial charge in [-0.2, -0.15) is 4.98 Å². The van der Waals surface area contributed by atoms with Crippen LogP contribution in [0.2, 0.25) is 0 Å². The van der Waals surface area contributed by atoms with Gasteiger partial charge in [0.15, 0.2) is 11.5 Å². The number of nitrogens with two attached hydrogens (primary N) is 1. The number of rotatable bonds is 8. The van der Waals surface area contributed by atoms with Gasteiger partial charge in [-0.25, -0.2) is 18.5 Å². The van der Waals surface area contributed by atoms with Crippen molar-refractivity contribution in [1.29, 1.82) is 0 Å². The van der Waals surface area contributed by atoms with E-state index in [1.54, 1.807) is 50.8 Å². The number of ether oxygens (including phenoxy) is 2. The molecule has 4 aromatic rings. The molecule has 0 fully saturated rings. The lowest BCUT2D eigenvalue weighted by molar-refractivity contribution is 0.356. The van der Waals surface area contributed by atoms with Crippen LogP contribution in [0.3, 0.4) is 0 Å². The lowest BCUT2D eigenvalue weighted by atomic mass is 10.2. The van der Waals surface area contributed by atoms with Gasteiger partial charge in [0.1, 0.15) is 11.6 Å². The summed E-state index contributed by atoms with van der Waals surface area (Å²) < 4.78 is 39.5.